The maximum atomic E-state index is 10.8. The average Bonchev–Trinajstić information content (AvgIpc) is 2.90. The molecule has 0 bridgehead atoms. The second-order valence-corrected chi connectivity index (χ2v) is 4.63. The van der Waals surface area contributed by atoms with Crippen LogP contribution in [0.3, 0.4) is 0 Å². The Labute approximate surface area is 107 Å². The normalized spacial score (nSPS) is 16.6. The Morgan fingerprint density at radius 1 is 1.28 bits per heavy atom. The third-order valence-corrected chi connectivity index (χ3v) is 3.23. The maximum Gasteiger partial charge on any atom is 0.236 e. The minimum absolute atomic E-state index is 0.360. The van der Waals surface area contributed by atoms with Crippen molar-refractivity contribution in [2.75, 3.05) is 29.9 Å². The Balaban J connectivity index is 1.89. The highest BCUT2D eigenvalue weighted by molar-refractivity contribution is 5.80. The molecule has 1 aromatic rings. The summed E-state index contributed by atoms with van der Waals surface area (Å²) >= 11 is 0. The van der Waals surface area contributed by atoms with E-state index in [1.165, 1.54) is 18.5 Å². The fourth-order valence-electron chi connectivity index (χ4n) is 2.09. The van der Waals surface area contributed by atoms with Gasteiger partial charge in [-0.1, -0.05) is 0 Å². The van der Waals surface area contributed by atoms with E-state index in [9.17, 15) is 4.79 Å². The predicted octanol–water partition coefficient (Wildman–Crippen LogP) is 0.511. The first-order valence-electron chi connectivity index (χ1n) is 6.30. The second kappa shape index (κ2) is 5.73. The monoisotopic (exact) mass is 248 g/mol. The number of primary amides is 1. The first-order chi connectivity index (χ1) is 8.66. The third-order valence-electron chi connectivity index (χ3n) is 3.23. The van der Waals surface area contributed by atoms with Crippen LogP contribution in [0.5, 0.6) is 0 Å². The van der Waals surface area contributed by atoms with E-state index in [4.69, 9.17) is 11.5 Å². The highest BCUT2D eigenvalue weighted by Crippen LogP contribution is 2.21. The van der Waals surface area contributed by atoms with E-state index in [1.54, 1.807) is 0 Å². The first kappa shape index (κ1) is 12.7. The summed E-state index contributed by atoms with van der Waals surface area (Å²) in [4.78, 5) is 13.2. The van der Waals surface area contributed by atoms with Crippen LogP contribution in [0.1, 0.15) is 12.8 Å². The zero-order chi connectivity index (χ0) is 13.0. The highest BCUT2D eigenvalue weighted by atomic mass is 16.1. The molecule has 0 spiro atoms. The van der Waals surface area contributed by atoms with Crippen LogP contribution in [-0.2, 0) is 4.79 Å². The van der Waals surface area contributed by atoms with E-state index < -0.39 is 11.9 Å². The smallest absolute Gasteiger partial charge is 0.236 e. The molecule has 0 aromatic heterocycles. The summed E-state index contributed by atoms with van der Waals surface area (Å²) in [5, 5.41) is 3.10. The van der Waals surface area contributed by atoms with Crippen molar-refractivity contribution in [1.82, 2.24) is 0 Å². The third kappa shape index (κ3) is 3.13. The largest absolute Gasteiger partial charge is 0.383 e. The summed E-state index contributed by atoms with van der Waals surface area (Å²) in [6.45, 7) is 2.64. The Kier molecular flexibility index (Phi) is 4.04. The van der Waals surface area contributed by atoms with Crippen LogP contribution in [0.15, 0.2) is 24.3 Å². The number of hydrogen-bond acceptors (Lipinski definition) is 4. The maximum absolute atomic E-state index is 10.8. The number of nitrogens with one attached hydrogen (secondary N) is 1. The lowest BCUT2D eigenvalue weighted by atomic mass is 10.2. The molecule has 5 heteroatoms. The summed E-state index contributed by atoms with van der Waals surface area (Å²) in [5.41, 5.74) is 12.8. The fourth-order valence-corrected chi connectivity index (χ4v) is 2.09. The number of anilines is 2. The van der Waals surface area contributed by atoms with E-state index in [1.807, 2.05) is 12.1 Å². The molecular weight excluding hydrogens is 228 g/mol. The zero-order valence-corrected chi connectivity index (χ0v) is 10.4. The average molecular weight is 248 g/mol. The molecule has 0 saturated carbocycles. The molecule has 1 aliphatic rings. The summed E-state index contributed by atoms with van der Waals surface area (Å²) in [5.74, 6) is -0.490. The molecule has 1 atom stereocenters. The quantitative estimate of drug-likeness (QED) is 0.709. The number of rotatable bonds is 5. The van der Waals surface area contributed by atoms with Gasteiger partial charge in [0.25, 0.3) is 0 Å². The van der Waals surface area contributed by atoms with Crippen molar-refractivity contribution in [3.05, 3.63) is 24.3 Å². The number of nitrogens with two attached hydrogens (primary N) is 2. The number of nitrogens with zero attached hydrogens (tertiary/aromatic N) is 1. The van der Waals surface area contributed by atoms with Gasteiger partial charge < -0.3 is 21.7 Å². The predicted molar refractivity (Wildman–Crippen MR) is 73.5 cm³/mol. The number of carbonyl (C=O) groups is 1. The van der Waals surface area contributed by atoms with Gasteiger partial charge in [-0.2, -0.15) is 0 Å². The lowest BCUT2D eigenvalue weighted by Gasteiger charge is -2.18. The molecule has 1 unspecified atom stereocenters. The van der Waals surface area contributed by atoms with Gasteiger partial charge in [-0.25, -0.2) is 0 Å². The van der Waals surface area contributed by atoms with Gasteiger partial charge in [0.15, 0.2) is 0 Å². The zero-order valence-electron chi connectivity index (χ0n) is 10.4. The van der Waals surface area contributed by atoms with Crippen LogP contribution in [0, 0.1) is 0 Å². The SMILES string of the molecule is NC(=O)C(N)CNc1ccc(N2CCCC2)cc1. The molecule has 1 amide bonds. The lowest BCUT2D eigenvalue weighted by molar-refractivity contribution is -0.118. The molecule has 0 aliphatic carbocycles. The van der Waals surface area contributed by atoms with Crippen molar-refractivity contribution < 1.29 is 4.79 Å². The number of hydrogen-bond donors (Lipinski definition) is 3. The van der Waals surface area contributed by atoms with E-state index in [2.05, 4.69) is 22.3 Å². The first-order valence-corrected chi connectivity index (χ1v) is 6.30. The van der Waals surface area contributed by atoms with Crippen LogP contribution >= 0.6 is 0 Å². The van der Waals surface area contributed by atoms with Crippen LogP contribution < -0.4 is 21.7 Å². The summed E-state index contributed by atoms with van der Waals surface area (Å²) in [7, 11) is 0. The minimum Gasteiger partial charge on any atom is -0.383 e. The molecule has 5 nitrogen and oxygen atoms in total. The summed E-state index contributed by atoms with van der Waals surface area (Å²) < 4.78 is 0. The molecule has 1 fully saturated rings. The van der Waals surface area contributed by atoms with Gasteiger partial charge in [-0.05, 0) is 37.1 Å². The topological polar surface area (TPSA) is 84.4 Å². The molecule has 98 valence electrons. The lowest BCUT2D eigenvalue weighted by Crippen LogP contribution is -2.41. The van der Waals surface area contributed by atoms with Gasteiger partial charge in [0, 0.05) is 31.0 Å². The molecular formula is C13H20N4O. The highest BCUT2D eigenvalue weighted by Gasteiger charge is 2.12. The Morgan fingerprint density at radius 2 is 1.89 bits per heavy atom. The van der Waals surface area contributed by atoms with E-state index >= 15 is 0 Å². The van der Waals surface area contributed by atoms with E-state index in [0.717, 1.165) is 18.8 Å². The van der Waals surface area contributed by atoms with Crippen molar-refractivity contribution in [2.24, 2.45) is 11.5 Å². The molecule has 1 saturated heterocycles. The van der Waals surface area contributed by atoms with Crippen molar-refractivity contribution in [3.63, 3.8) is 0 Å². The van der Waals surface area contributed by atoms with Crippen LogP contribution in [0.4, 0.5) is 11.4 Å². The van der Waals surface area contributed by atoms with Gasteiger partial charge in [-0.3, -0.25) is 4.79 Å². The van der Waals surface area contributed by atoms with Crippen LogP contribution in [0.2, 0.25) is 0 Å². The Bertz CT molecular complexity index is 398. The summed E-state index contributed by atoms with van der Waals surface area (Å²) in [6.07, 6.45) is 2.54. The minimum atomic E-state index is -0.650. The van der Waals surface area contributed by atoms with Crippen molar-refractivity contribution in [2.45, 2.75) is 18.9 Å². The van der Waals surface area contributed by atoms with Crippen molar-refractivity contribution in [3.8, 4) is 0 Å². The van der Waals surface area contributed by atoms with Crippen molar-refractivity contribution >= 4 is 17.3 Å². The van der Waals surface area contributed by atoms with Gasteiger partial charge in [0.1, 0.15) is 6.04 Å². The summed E-state index contributed by atoms with van der Waals surface area (Å²) in [6, 6.07) is 7.53. The molecule has 5 N–H and O–H groups in total. The number of benzene rings is 1. The molecule has 1 aliphatic heterocycles. The van der Waals surface area contributed by atoms with Gasteiger partial charge >= 0.3 is 0 Å². The van der Waals surface area contributed by atoms with E-state index in [-0.39, 0.29) is 0 Å². The molecule has 1 aromatic carbocycles. The molecule has 18 heavy (non-hydrogen) atoms. The molecule has 1 heterocycles. The van der Waals surface area contributed by atoms with Gasteiger partial charge in [-0.15, -0.1) is 0 Å². The van der Waals surface area contributed by atoms with Gasteiger partial charge in [0.05, 0.1) is 0 Å². The Hall–Kier alpha value is -1.75. The Morgan fingerprint density at radius 3 is 2.44 bits per heavy atom. The number of amides is 1. The second-order valence-electron chi connectivity index (χ2n) is 4.63. The molecule has 2 rings (SSSR count). The van der Waals surface area contributed by atoms with Crippen LogP contribution in [-0.4, -0.2) is 31.6 Å². The number of carbonyl (C=O) groups excluding carboxylic acids is 1. The fraction of sp³-hybridized carbons (Fsp3) is 0.462. The van der Waals surface area contributed by atoms with Gasteiger partial charge in [0.2, 0.25) is 5.91 Å². The molecule has 0 radical (unpaired) electrons. The van der Waals surface area contributed by atoms with Crippen molar-refractivity contribution in [1.29, 1.82) is 0 Å². The van der Waals surface area contributed by atoms with E-state index in [0.29, 0.717) is 6.54 Å². The standard InChI is InChI=1S/C13H20N4O/c14-12(13(15)18)9-16-10-3-5-11(6-4-10)17-7-1-2-8-17/h3-6,12,16H,1-2,7-9,14H2,(H2,15,18). The van der Waals surface area contributed by atoms with Crippen LogP contribution in [0.25, 0.3) is 0 Å².